The largest absolute Gasteiger partial charge is 0.419 e. The van der Waals surface area contributed by atoms with Gasteiger partial charge in [0.15, 0.2) is 5.58 Å². The summed E-state index contributed by atoms with van der Waals surface area (Å²) < 4.78 is 40.4. The van der Waals surface area contributed by atoms with Crippen LogP contribution in [0.1, 0.15) is 50.1 Å². The molecule has 1 aliphatic rings. The first-order valence-corrected chi connectivity index (χ1v) is 10.9. The van der Waals surface area contributed by atoms with Gasteiger partial charge in [0.1, 0.15) is 11.5 Å². The van der Waals surface area contributed by atoms with Crippen LogP contribution in [0.3, 0.4) is 0 Å². The topological polar surface area (TPSA) is 98.5 Å². The van der Waals surface area contributed by atoms with E-state index in [1.165, 1.54) is 21.0 Å². The molecule has 0 N–H and O–H groups in total. The highest BCUT2D eigenvalue weighted by molar-refractivity contribution is 7.89. The van der Waals surface area contributed by atoms with Crippen molar-refractivity contribution in [2.45, 2.75) is 57.0 Å². The average Bonchev–Trinajstić information content (AvgIpc) is 3.12. The maximum Gasteiger partial charge on any atom is 0.419 e. The molecule has 8 nitrogen and oxygen atoms in total. The van der Waals surface area contributed by atoms with Crippen molar-refractivity contribution in [3.05, 3.63) is 46.3 Å². The maximum atomic E-state index is 13.5. The van der Waals surface area contributed by atoms with E-state index in [-0.39, 0.29) is 16.5 Å². The number of aromatic nitrogens is 2. The normalized spacial score (nSPS) is 19.1. The van der Waals surface area contributed by atoms with Gasteiger partial charge < -0.3 is 8.94 Å². The van der Waals surface area contributed by atoms with Crippen molar-refractivity contribution in [3.8, 4) is 0 Å². The lowest BCUT2D eigenvalue weighted by Gasteiger charge is -2.27. The summed E-state index contributed by atoms with van der Waals surface area (Å²) in [7, 11) is -3.79. The second kappa shape index (κ2) is 7.21. The highest BCUT2D eigenvalue weighted by Gasteiger charge is 2.35. The van der Waals surface area contributed by atoms with Crippen LogP contribution in [0.4, 0.5) is 0 Å². The smallest absolute Gasteiger partial charge is 0.408 e. The number of nitrogens with zero attached hydrogens (tertiary/aromatic N) is 3. The minimum atomic E-state index is -3.79. The summed E-state index contributed by atoms with van der Waals surface area (Å²) in [4.78, 5) is 12.0. The second-order valence-corrected chi connectivity index (χ2v) is 8.98. The van der Waals surface area contributed by atoms with Gasteiger partial charge in [-0.1, -0.05) is 18.0 Å². The summed E-state index contributed by atoms with van der Waals surface area (Å²) in [5.74, 6) is 0.165. The molecule has 0 saturated carbocycles. The molecule has 0 aliphatic carbocycles. The van der Waals surface area contributed by atoms with E-state index in [4.69, 9.17) is 8.94 Å². The fourth-order valence-electron chi connectivity index (χ4n) is 3.85. The third-order valence-electron chi connectivity index (χ3n) is 5.25. The van der Waals surface area contributed by atoms with Gasteiger partial charge in [-0.3, -0.25) is 4.57 Å². The van der Waals surface area contributed by atoms with Crippen molar-refractivity contribution in [1.29, 1.82) is 0 Å². The molecule has 3 heterocycles. The Morgan fingerprint density at radius 2 is 2.04 bits per heavy atom. The summed E-state index contributed by atoms with van der Waals surface area (Å²) >= 11 is 0. The van der Waals surface area contributed by atoms with Crippen molar-refractivity contribution in [2.24, 2.45) is 0 Å². The van der Waals surface area contributed by atoms with Gasteiger partial charge in [0.05, 0.1) is 16.5 Å². The molecule has 2 aromatic heterocycles. The fraction of sp³-hybridized carbons (Fsp3) is 0.474. The van der Waals surface area contributed by atoms with Crippen molar-refractivity contribution < 1.29 is 17.4 Å². The number of fused-ring (bicyclic) bond motifs is 1. The maximum absolute atomic E-state index is 13.5. The minimum Gasteiger partial charge on any atom is -0.408 e. The highest BCUT2D eigenvalue weighted by Crippen LogP contribution is 2.35. The van der Waals surface area contributed by atoms with Gasteiger partial charge in [-0.05, 0) is 38.8 Å². The number of sulfonamides is 1. The van der Waals surface area contributed by atoms with Gasteiger partial charge in [0, 0.05) is 25.2 Å². The molecule has 1 unspecified atom stereocenters. The van der Waals surface area contributed by atoms with E-state index in [1.54, 1.807) is 19.1 Å². The van der Waals surface area contributed by atoms with Gasteiger partial charge in [-0.25, -0.2) is 13.2 Å². The summed E-state index contributed by atoms with van der Waals surface area (Å²) in [5, 5.41) is 4.07. The number of hydrogen-bond donors (Lipinski definition) is 0. The number of aryl methyl sites for hydroxylation is 2. The van der Waals surface area contributed by atoms with E-state index in [0.29, 0.717) is 36.5 Å². The van der Waals surface area contributed by atoms with E-state index in [0.717, 1.165) is 19.3 Å². The first-order chi connectivity index (χ1) is 13.4. The average molecular weight is 405 g/mol. The molecule has 9 heteroatoms. The Labute approximate surface area is 162 Å². The van der Waals surface area contributed by atoms with Gasteiger partial charge in [-0.15, -0.1) is 0 Å². The Hall–Kier alpha value is -2.39. The number of oxazole rings is 1. The molecular formula is C19H23N3O5S. The number of hydrogen-bond acceptors (Lipinski definition) is 6. The lowest BCUT2D eigenvalue weighted by Crippen LogP contribution is -2.35. The Morgan fingerprint density at radius 1 is 1.21 bits per heavy atom. The SMILES string of the molecule is CCn1c(=O)oc2cc(S(=O)(=O)N3CCCCCC3c3cc(C)on3)ccc21. The van der Waals surface area contributed by atoms with Crippen LogP contribution in [0.25, 0.3) is 11.1 Å². The third kappa shape index (κ3) is 3.18. The van der Waals surface area contributed by atoms with Crippen molar-refractivity contribution in [1.82, 2.24) is 14.0 Å². The molecule has 150 valence electrons. The monoisotopic (exact) mass is 405 g/mol. The van der Waals surface area contributed by atoms with Gasteiger partial charge >= 0.3 is 5.76 Å². The zero-order valence-electron chi connectivity index (χ0n) is 15.9. The van der Waals surface area contributed by atoms with Crippen LogP contribution >= 0.6 is 0 Å². The molecular weight excluding hydrogens is 382 g/mol. The van der Waals surface area contributed by atoms with Crippen molar-refractivity contribution in [3.63, 3.8) is 0 Å². The molecule has 28 heavy (non-hydrogen) atoms. The lowest BCUT2D eigenvalue weighted by atomic mass is 10.1. The molecule has 1 aromatic carbocycles. The van der Waals surface area contributed by atoms with Crippen LogP contribution in [-0.2, 0) is 16.6 Å². The van der Waals surface area contributed by atoms with Crippen LogP contribution in [0, 0.1) is 6.92 Å². The molecule has 1 fully saturated rings. The first-order valence-electron chi connectivity index (χ1n) is 9.50. The summed E-state index contributed by atoms with van der Waals surface area (Å²) in [6.07, 6.45) is 3.37. The van der Waals surface area contributed by atoms with Gasteiger partial charge in [0.25, 0.3) is 0 Å². The number of benzene rings is 1. The quantitative estimate of drug-likeness (QED) is 0.661. The Kier molecular flexibility index (Phi) is 4.88. The number of rotatable bonds is 4. The predicted molar refractivity (Wildman–Crippen MR) is 102 cm³/mol. The van der Waals surface area contributed by atoms with E-state index >= 15 is 0 Å². The predicted octanol–water partition coefficient (Wildman–Crippen LogP) is 3.22. The molecule has 0 radical (unpaired) electrons. The van der Waals surface area contributed by atoms with Crippen LogP contribution in [-0.4, -0.2) is 29.0 Å². The van der Waals surface area contributed by atoms with Crippen LogP contribution in [0.15, 0.2) is 42.9 Å². The summed E-state index contributed by atoms with van der Waals surface area (Å²) in [6.45, 7) is 4.50. The first kappa shape index (κ1) is 18.9. The molecule has 0 bridgehead atoms. The minimum absolute atomic E-state index is 0.115. The van der Waals surface area contributed by atoms with Crippen LogP contribution in [0.5, 0.6) is 0 Å². The van der Waals surface area contributed by atoms with E-state index in [2.05, 4.69) is 5.16 Å². The Bertz CT molecular complexity index is 1160. The standard InChI is InChI=1S/C19H23N3O5S/c1-3-21-17-9-8-14(12-18(17)26-19(21)23)28(24,25)22-10-6-4-5-7-16(22)15-11-13(2)27-20-15/h8-9,11-12,16H,3-7,10H2,1-2H3. The molecule has 0 spiro atoms. The van der Waals surface area contributed by atoms with Gasteiger partial charge in [-0.2, -0.15) is 4.31 Å². The second-order valence-electron chi connectivity index (χ2n) is 7.09. The molecule has 1 aliphatic heterocycles. The summed E-state index contributed by atoms with van der Waals surface area (Å²) in [6, 6.07) is 6.03. The van der Waals surface area contributed by atoms with Crippen molar-refractivity contribution in [2.75, 3.05) is 6.54 Å². The summed E-state index contributed by atoms with van der Waals surface area (Å²) in [5.41, 5.74) is 1.50. The Balaban J connectivity index is 1.78. The highest BCUT2D eigenvalue weighted by atomic mass is 32.2. The molecule has 4 rings (SSSR count). The third-order valence-corrected chi connectivity index (χ3v) is 7.16. The van der Waals surface area contributed by atoms with E-state index < -0.39 is 15.8 Å². The molecule has 1 saturated heterocycles. The van der Waals surface area contributed by atoms with Gasteiger partial charge in [0.2, 0.25) is 10.0 Å². The zero-order chi connectivity index (χ0) is 19.9. The fourth-order valence-corrected chi connectivity index (χ4v) is 5.53. The lowest BCUT2D eigenvalue weighted by molar-refractivity contribution is 0.304. The zero-order valence-corrected chi connectivity index (χ0v) is 16.7. The molecule has 0 amide bonds. The van der Waals surface area contributed by atoms with Crippen molar-refractivity contribution >= 4 is 21.1 Å². The van der Waals surface area contributed by atoms with E-state index in [9.17, 15) is 13.2 Å². The molecule has 3 aromatic rings. The Morgan fingerprint density at radius 3 is 2.75 bits per heavy atom. The van der Waals surface area contributed by atoms with Crippen LogP contribution < -0.4 is 5.76 Å². The molecule has 1 atom stereocenters. The van der Waals surface area contributed by atoms with Crippen LogP contribution in [0.2, 0.25) is 0 Å². The van der Waals surface area contributed by atoms with E-state index in [1.807, 2.05) is 6.92 Å².